The van der Waals surface area contributed by atoms with Crippen molar-refractivity contribution in [3.05, 3.63) is 40.1 Å². The Morgan fingerprint density at radius 2 is 1.89 bits per heavy atom. The summed E-state index contributed by atoms with van der Waals surface area (Å²) >= 11 is 6.63. The average Bonchev–Trinajstić information content (AvgIpc) is 2.77. The molecule has 0 bridgehead atoms. The smallest absolute Gasteiger partial charge is 0.180 e. The summed E-state index contributed by atoms with van der Waals surface area (Å²) in [6.45, 7) is 0. The maximum Gasteiger partial charge on any atom is 0.180 e. The average molecular weight is 286 g/mol. The zero-order valence-corrected chi connectivity index (χ0v) is 10.1. The third kappa shape index (κ3) is 5.51. The van der Waals surface area contributed by atoms with Crippen molar-refractivity contribution in [2.45, 2.75) is 7.43 Å². The van der Waals surface area contributed by atoms with E-state index in [1.165, 1.54) is 23.7 Å². The van der Waals surface area contributed by atoms with Gasteiger partial charge in [-0.2, -0.15) is 0 Å². The molecule has 0 unspecified atom stereocenters. The van der Waals surface area contributed by atoms with Crippen LogP contribution in [-0.2, 0) is 0 Å². The van der Waals surface area contributed by atoms with Gasteiger partial charge in [0.1, 0.15) is 5.15 Å². The van der Waals surface area contributed by atoms with Crippen LogP contribution in [0.25, 0.3) is 0 Å². The molecule has 2 heterocycles. The lowest BCUT2D eigenvalue weighted by Crippen LogP contribution is -1.79. The molecule has 2 aromatic heterocycles. The number of aldehydes is 2. The van der Waals surface area contributed by atoms with Crippen molar-refractivity contribution in [1.29, 1.82) is 0 Å². The van der Waals surface area contributed by atoms with Crippen molar-refractivity contribution in [2.75, 3.05) is 5.73 Å². The quantitative estimate of drug-likeness (QED) is 0.677. The van der Waals surface area contributed by atoms with Gasteiger partial charge in [-0.3, -0.25) is 9.59 Å². The van der Waals surface area contributed by atoms with Crippen molar-refractivity contribution in [3.8, 4) is 0 Å². The Bertz CT molecular complexity index is 499. The van der Waals surface area contributed by atoms with Gasteiger partial charge in [0.05, 0.1) is 11.1 Å². The van der Waals surface area contributed by atoms with Gasteiger partial charge in [0, 0.05) is 11.8 Å². The molecule has 2 rings (SSSR count). The fourth-order valence-corrected chi connectivity index (χ4v) is 1.42. The zero-order chi connectivity index (χ0) is 12.7. The molecule has 2 N–H and O–H groups in total. The Kier molecular flexibility index (Phi) is 7.50. The summed E-state index contributed by atoms with van der Waals surface area (Å²) in [7, 11) is 0. The summed E-state index contributed by atoms with van der Waals surface area (Å²) in [5.41, 5.74) is 5.74. The number of hydrogen-bond donors (Lipinski definition) is 1. The zero-order valence-electron chi connectivity index (χ0n) is 8.54. The topological polar surface area (TPSA) is 85.9 Å². The van der Waals surface area contributed by atoms with Crippen molar-refractivity contribution in [3.63, 3.8) is 0 Å². The second kappa shape index (κ2) is 8.32. The Labute approximate surface area is 114 Å². The first-order chi connectivity index (χ1) is 8.15. The van der Waals surface area contributed by atoms with Crippen LogP contribution in [0.15, 0.2) is 24.5 Å². The second-order valence-electron chi connectivity index (χ2n) is 2.75. The summed E-state index contributed by atoms with van der Waals surface area (Å²) in [5.74, 6) is 0. The number of carbonyl (C=O) groups excluding carboxylic acids is 2. The third-order valence-electron chi connectivity index (χ3n) is 1.54. The van der Waals surface area contributed by atoms with Crippen LogP contribution < -0.4 is 5.73 Å². The molecule has 2 aromatic rings. The molecule has 0 saturated heterocycles. The molecule has 0 aliphatic carbocycles. The van der Waals surface area contributed by atoms with E-state index < -0.39 is 0 Å². The Morgan fingerprint density at radius 3 is 2.22 bits per heavy atom. The van der Waals surface area contributed by atoms with Gasteiger partial charge in [-0.05, 0) is 12.1 Å². The number of nitrogen functional groups attached to an aromatic ring is 1. The SMILES string of the molecule is C.Nc1ncc(C=O)s1.O=Cc1ccc(Cl)nc1. The molecule has 96 valence electrons. The molecule has 5 nitrogen and oxygen atoms in total. The van der Waals surface area contributed by atoms with Crippen molar-refractivity contribution in [2.24, 2.45) is 0 Å². The van der Waals surface area contributed by atoms with E-state index in [2.05, 4.69) is 9.97 Å². The normalized spacial score (nSPS) is 8.50. The van der Waals surface area contributed by atoms with E-state index >= 15 is 0 Å². The Hall–Kier alpha value is -1.79. The first kappa shape index (κ1) is 16.2. The van der Waals surface area contributed by atoms with E-state index in [1.54, 1.807) is 12.1 Å². The summed E-state index contributed by atoms with van der Waals surface area (Å²) in [5, 5.41) is 0.840. The first-order valence-corrected chi connectivity index (χ1v) is 5.58. The van der Waals surface area contributed by atoms with Crippen LogP contribution in [0.3, 0.4) is 0 Å². The standard InChI is InChI=1S/C6H4ClNO.C4H4N2OS.CH4/c7-6-2-1-5(4-9)3-8-6;5-4-6-1-3(2-7)8-4;/h1-4H;1-2H,(H2,5,6);1H4. The largest absolute Gasteiger partial charge is 0.375 e. The number of carbonyl (C=O) groups is 2. The van der Waals surface area contributed by atoms with Crippen LogP contribution in [0.4, 0.5) is 5.13 Å². The number of aromatic nitrogens is 2. The molecule has 0 aromatic carbocycles. The van der Waals surface area contributed by atoms with E-state index in [9.17, 15) is 9.59 Å². The fourth-order valence-electron chi connectivity index (χ4n) is 0.812. The van der Waals surface area contributed by atoms with E-state index in [4.69, 9.17) is 17.3 Å². The van der Waals surface area contributed by atoms with Crippen molar-refractivity contribution in [1.82, 2.24) is 9.97 Å². The number of thiazole rings is 1. The Morgan fingerprint density at radius 1 is 1.17 bits per heavy atom. The lowest BCUT2D eigenvalue weighted by atomic mass is 10.3. The van der Waals surface area contributed by atoms with Gasteiger partial charge in [0.25, 0.3) is 0 Å². The maximum absolute atomic E-state index is 10.0. The number of nitrogens with two attached hydrogens (primary N) is 1. The summed E-state index contributed by atoms with van der Waals surface area (Å²) in [4.78, 5) is 27.9. The van der Waals surface area contributed by atoms with Crippen LogP contribution in [0.5, 0.6) is 0 Å². The number of anilines is 1. The highest BCUT2D eigenvalue weighted by atomic mass is 35.5. The molecule has 0 fully saturated rings. The van der Waals surface area contributed by atoms with Crippen molar-refractivity contribution >= 4 is 40.6 Å². The summed E-state index contributed by atoms with van der Waals surface area (Å²) in [6.07, 6.45) is 4.33. The molecular weight excluding hydrogens is 274 g/mol. The highest BCUT2D eigenvalue weighted by molar-refractivity contribution is 7.16. The van der Waals surface area contributed by atoms with E-state index in [1.807, 2.05) is 0 Å². The molecule has 0 spiro atoms. The van der Waals surface area contributed by atoms with E-state index in [-0.39, 0.29) is 7.43 Å². The third-order valence-corrected chi connectivity index (χ3v) is 2.52. The highest BCUT2D eigenvalue weighted by Crippen LogP contribution is 2.10. The van der Waals surface area contributed by atoms with Gasteiger partial charge in [-0.1, -0.05) is 30.4 Å². The molecule has 0 amide bonds. The summed E-state index contributed by atoms with van der Waals surface area (Å²) in [6, 6.07) is 3.19. The minimum atomic E-state index is 0. The highest BCUT2D eigenvalue weighted by Gasteiger charge is 1.92. The van der Waals surface area contributed by atoms with Crippen LogP contribution in [0.2, 0.25) is 5.15 Å². The van der Waals surface area contributed by atoms with Gasteiger partial charge < -0.3 is 5.73 Å². The van der Waals surface area contributed by atoms with Gasteiger partial charge in [0.2, 0.25) is 0 Å². The van der Waals surface area contributed by atoms with Crippen LogP contribution in [0, 0.1) is 0 Å². The predicted molar refractivity (Wildman–Crippen MR) is 73.3 cm³/mol. The monoisotopic (exact) mass is 285 g/mol. The van der Waals surface area contributed by atoms with Gasteiger partial charge in [-0.25, -0.2) is 9.97 Å². The molecule has 0 aliphatic rings. The molecule has 18 heavy (non-hydrogen) atoms. The van der Waals surface area contributed by atoms with Gasteiger partial charge in [-0.15, -0.1) is 0 Å². The van der Waals surface area contributed by atoms with E-state index in [0.29, 0.717) is 20.7 Å². The lowest BCUT2D eigenvalue weighted by molar-refractivity contribution is 0.111. The number of halogens is 1. The molecule has 0 atom stereocenters. The lowest BCUT2D eigenvalue weighted by Gasteiger charge is -1.86. The molecule has 0 radical (unpaired) electrons. The molecule has 0 aliphatic heterocycles. The second-order valence-corrected chi connectivity index (χ2v) is 4.23. The van der Waals surface area contributed by atoms with Crippen LogP contribution in [-0.4, -0.2) is 22.5 Å². The number of nitrogens with zero attached hydrogens (tertiary/aromatic N) is 2. The first-order valence-electron chi connectivity index (χ1n) is 4.39. The van der Waals surface area contributed by atoms with Gasteiger partial charge in [0.15, 0.2) is 17.7 Å². The number of hydrogen-bond acceptors (Lipinski definition) is 6. The Balaban J connectivity index is 0.000000306. The van der Waals surface area contributed by atoms with Gasteiger partial charge >= 0.3 is 0 Å². The summed E-state index contributed by atoms with van der Waals surface area (Å²) < 4.78 is 0. The minimum absolute atomic E-state index is 0. The fraction of sp³-hybridized carbons (Fsp3) is 0.0909. The predicted octanol–water partition coefficient (Wildman–Crippen LogP) is 2.72. The van der Waals surface area contributed by atoms with Crippen LogP contribution in [0.1, 0.15) is 27.5 Å². The van der Waals surface area contributed by atoms with Crippen molar-refractivity contribution < 1.29 is 9.59 Å². The molecular formula is C11H12ClN3O2S. The minimum Gasteiger partial charge on any atom is -0.375 e. The molecule has 7 heteroatoms. The number of pyridine rings is 1. The van der Waals surface area contributed by atoms with Crippen LogP contribution >= 0.6 is 22.9 Å². The molecule has 0 saturated carbocycles. The number of rotatable bonds is 2. The van der Waals surface area contributed by atoms with E-state index in [0.717, 1.165) is 12.6 Å². The maximum atomic E-state index is 10.0.